The van der Waals surface area contributed by atoms with Crippen molar-refractivity contribution in [3.05, 3.63) is 12.4 Å². The van der Waals surface area contributed by atoms with Crippen molar-refractivity contribution in [1.82, 2.24) is 14.5 Å². The molecule has 1 aliphatic rings. The van der Waals surface area contributed by atoms with E-state index in [1.165, 1.54) is 29.9 Å². The highest BCUT2D eigenvalue weighted by Gasteiger charge is 2.28. The first kappa shape index (κ1) is 14.0. The molecule has 2 atom stereocenters. The van der Waals surface area contributed by atoms with Crippen molar-refractivity contribution in [2.45, 2.75) is 24.2 Å². The molecule has 0 spiro atoms. The van der Waals surface area contributed by atoms with E-state index in [0.29, 0.717) is 18.4 Å². The van der Waals surface area contributed by atoms with Crippen molar-refractivity contribution < 1.29 is 8.42 Å². The van der Waals surface area contributed by atoms with Crippen molar-refractivity contribution in [2.24, 2.45) is 18.9 Å². The summed E-state index contributed by atoms with van der Waals surface area (Å²) >= 11 is 3.49. The fourth-order valence-corrected chi connectivity index (χ4v) is 4.35. The minimum atomic E-state index is -3.41. The van der Waals surface area contributed by atoms with Crippen LogP contribution < -0.4 is 4.72 Å². The van der Waals surface area contributed by atoms with Crippen LogP contribution in [-0.2, 0) is 17.1 Å². The number of aryl methyl sites for hydroxylation is 1. The number of sulfonamides is 1. The number of nitrogens with one attached hydrogen (secondary N) is 1. The van der Waals surface area contributed by atoms with Gasteiger partial charge in [0, 0.05) is 25.1 Å². The molecule has 1 aromatic rings. The third-order valence-electron chi connectivity index (χ3n) is 3.54. The Balaban J connectivity index is 1.97. The zero-order valence-electron chi connectivity index (χ0n) is 10.3. The van der Waals surface area contributed by atoms with Gasteiger partial charge in [0.25, 0.3) is 0 Å². The predicted molar refractivity (Wildman–Crippen MR) is 73.0 cm³/mol. The Hall–Kier alpha value is -0.400. The number of hydrogen-bond acceptors (Lipinski definition) is 3. The van der Waals surface area contributed by atoms with Gasteiger partial charge < -0.3 is 0 Å². The summed E-state index contributed by atoms with van der Waals surface area (Å²) < 4.78 is 28.2. The van der Waals surface area contributed by atoms with Crippen LogP contribution in [0.2, 0.25) is 0 Å². The predicted octanol–water partition coefficient (Wildman–Crippen LogP) is 1.51. The number of rotatable bonds is 5. The molecule has 1 aromatic heterocycles. The minimum Gasteiger partial charge on any atom is -0.274 e. The van der Waals surface area contributed by atoms with Crippen molar-refractivity contribution in [3.63, 3.8) is 0 Å². The van der Waals surface area contributed by atoms with Crippen LogP contribution in [0, 0.1) is 11.8 Å². The highest BCUT2D eigenvalue weighted by atomic mass is 79.9. The van der Waals surface area contributed by atoms with Crippen molar-refractivity contribution in [2.75, 3.05) is 11.9 Å². The Morgan fingerprint density at radius 2 is 2.22 bits per heavy atom. The first-order chi connectivity index (χ1) is 8.53. The normalized spacial score (nSPS) is 24.6. The van der Waals surface area contributed by atoms with Gasteiger partial charge in [-0.25, -0.2) is 13.1 Å². The summed E-state index contributed by atoms with van der Waals surface area (Å²) in [5.41, 5.74) is 0. The maximum Gasteiger partial charge on any atom is 0.243 e. The molecule has 0 bridgehead atoms. The minimum absolute atomic E-state index is 0.235. The Morgan fingerprint density at radius 3 is 2.83 bits per heavy atom. The molecule has 1 saturated carbocycles. The summed E-state index contributed by atoms with van der Waals surface area (Å²) in [6, 6.07) is 0. The summed E-state index contributed by atoms with van der Waals surface area (Å²) in [5.74, 6) is 1.03. The molecule has 0 aromatic carbocycles. The van der Waals surface area contributed by atoms with Crippen LogP contribution >= 0.6 is 15.9 Å². The van der Waals surface area contributed by atoms with Gasteiger partial charge in [-0.2, -0.15) is 5.10 Å². The van der Waals surface area contributed by atoms with Crippen molar-refractivity contribution in [3.8, 4) is 0 Å². The van der Waals surface area contributed by atoms with E-state index in [-0.39, 0.29) is 4.90 Å². The van der Waals surface area contributed by atoms with Crippen molar-refractivity contribution in [1.29, 1.82) is 0 Å². The molecule has 102 valence electrons. The van der Waals surface area contributed by atoms with E-state index in [0.717, 1.165) is 11.8 Å². The van der Waals surface area contributed by atoms with E-state index in [4.69, 9.17) is 0 Å². The highest BCUT2D eigenvalue weighted by molar-refractivity contribution is 9.09. The van der Waals surface area contributed by atoms with Crippen LogP contribution in [-0.4, -0.2) is 30.1 Å². The van der Waals surface area contributed by atoms with Crippen LogP contribution in [0.15, 0.2) is 17.3 Å². The Morgan fingerprint density at radius 1 is 1.50 bits per heavy atom. The van der Waals surface area contributed by atoms with E-state index in [1.54, 1.807) is 7.05 Å². The summed E-state index contributed by atoms with van der Waals surface area (Å²) in [6.45, 7) is 0.521. The highest BCUT2D eigenvalue weighted by Crippen LogP contribution is 2.32. The number of nitrogens with zero attached hydrogens (tertiary/aromatic N) is 2. The van der Waals surface area contributed by atoms with Crippen LogP contribution in [0.25, 0.3) is 0 Å². The molecule has 0 aliphatic heterocycles. The quantitative estimate of drug-likeness (QED) is 0.829. The van der Waals surface area contributed by atoms with Gasteiger partial charge in [-0.05, 0) is 24.7 Å². The number of halogens is 1. The zero-order chi connectivity index (χ0) is 13.2. The Labute approximate surface area is 116 Å². The van der Waals surface area contributed by atoms with Crippen LogP contribution in [0.5, 0.6) is 0 Å². The van der Waals surface area contributed by atoms with Gasteiger partial charge >= 0.3 is 0 Å². The standard InChI is InChI=1S/C11H18BrN3O2S/c1-15-8-11(7-13-15)18(16,17)14-6-10-4-2-3-9(10)5-12/h7-10,14H,2-6H2,1H3. The van der Waals surface area contributed by atoms with Crippen LogP contribution in [0.4, 0.5) is 0 Å². The molecule has 1 aliphatic carbocycles. The van der Waals surface area contributed by atoms with E-state index >= 15 is 0 Å². The molecule has 1 N–H and O–H groups in total. The summed E-state index contributed by atoms with van der Waals surface area (Å²) in [4.78, 5) is 0.235. The molecule has 7 heteroatoms. The second-order valence-electron chi connectivity index (χ2n) is 4.81. The maximum absolute atomic E-state index is 12.0. The first-order valence-corrected chi connectivity index (χ1v) is 8.67. The second-order valence-corrected chi connectivity index (χ2v) is 7.22. The molecule has 2 rings (SSSR count). The largest absolute Gasteiger partial charge is 0.274 e. The lowest BCUT2D eigenvalue weighted by Crippen LogP contribution is -2.31. The lowest BCUT2D eigenvalue weighted by atomic mass is 9.99. The molecule has 2 unspecified atom stereocenters. The number of aromatic nitrogens is 2. The first-order valence-electron chi connectivity index (χ1n) is 6.07. The number of hydrogen-bond donors (Lipinski definition) is 1. The van der Waals surface area contributed by atoms with Crippen LogP contribution in [0.3, 0.4) is 0 Å². The molecular formula is C11H18BrN3O2S. The molecule has 0 radical (unpaired) electrons. The molecule has 18 heavy (non-hydrogen) atoms. The van der Waals surface area contributed by atoms with Gasteiger partial charge in [0.15, 0.2) is 0 Å². The second kappa shape index (κ2) is 5.71. The van der Waals surface area contributed by atoms with E-state index in [1.807, 2.05) is 0 Å². The van der Waals surface area contributed by atoms with Gasteiger partial charge in [0.2, 0.25) is 10.0 Å². The molecule has 1 fully saturated rings. The van der Waals surface area contributed by atoms with Crippen LogP contribution in [0.1, 0.15) is 19.3 Å². The third-order valence-corrected chi connectivity index (χ3v) is 5.75. The molecule has 1 heterocycles. The fraction of sp³-hybridized carbons (Fsp3) is 0.727. The summed E-state index contributed by atoms with van der Waals surface area (Å²) in [5, 5.41) is 4.83. The monoisotopic (exact) mass is 335 g/mol. The lowest BCUT2D eigenvalue weighted by molar-refractivity contribution is 0.422. The van der Waals surface area contributed by atoms with Gasteiger partial charge in [-0.1, -0.05) is 22.4 Å². The smallest absolute Gasteiger partial charge is 0.243 e. The molecule has 0 saturated heterocycles. The third kappa shape index (κ3) is 3.13. The maximum atomic E-state index is 12.0. The zero-order valence-corrected chi connectivity index (χ0v) is 12.7. The summed E-state index contributed by atoms with van der Waals surface area (Å²) in [7, 11) is -1.70. The summed E-state index contributed by atoms with van der Waals surface area (Å²) in [6.07, 6.45) is 6.36. The lowest BCUT2D eigenvalue weighted by Gasteiger charge is -2.17. The topological polar surface area (TPSA) is 64.0 Å². The Kier molecular flexibility index (Phi) is 4.45. The van der Waals surface area contributed by atoms with E-state index in [2.05, 4.69) is 25.8 Å². The molecular weight excluding hydrogens is 318 g/mol. The van der Waals surface area contributed by atoms with Gasteiger partial charge in [-0.15, -0.1) is 0 Å². The molecule has 5 nitrogen and oxygen atoms in total. The fourth-order valence-electron chi connectivity index (χ4n) is 2.42. The van der Waals surface area contributed by atoms with Gasteiger partial charge in [0.1, 0.15) is 4.90 Å². The number of alkyl halides is 1. The average molecular weight is 336 g/mol. The van der Waals surface area contributed by atoms with Gasteiger partial charge in [-0.3, -0.25) is 4.68 Å². The van der Waals surface area contributed by atoms with Crippen molar-refractivity contribution >= 4 is 26.0 Å². The van der Waals surface area contributed by atoms with E-state index < -0.39 is 10.0 Å². The molecule has 0 amide bonds. The van der Waals surface area contributed by atoms with Gasteiger partial charge in [0.05, 0.1) is 6.20 Å². The van der Waals surface area contributed by atoms with E-state index in [9.17, 15) is 8.42 Å². The average Bonchev–Trinajstić information content (AvgIpc) is 2.94. The Bertz CT molecular complexity index is 500. The SMILES string of the molecule is Cn1cc(S(=O)(=O)NCC2CCCC2CBr)cn1.